The van der Waals surface area contributed by atoms with Crippen molar-refractivity contribution in [1.29, 1.82) is 0 Å². The Kier molecular flexibility index (Phi) is 6.96. The smallest absolute Gasteiger partial charge is 0.145 e. The number of para-hydroxylation sites is 2. The molecule has 0 atom stereocenters. The van der Waals surface area contributed by atoms with E-state index in [1.165, 1.54) is 44.3 Å². The van der Waals surface area contributed by atoms with Crippen molar-refractivity contribution < 1.29 is 4.42 Å². The fraction of sp³-hybridized carbons (Fsp3) is 0.0455. The minimum absolute atomic E-state index is 0.919. The van der Waals surface area contributed by atoms with Crippen LogP contribution in [-0.4, -0.2) is 4.57 Å². The molecule has 0 N–H and O–H groups in total. The molecule has 0 aliphatic rings. The minimum Gasteiger partial charge on any atom is -0.455 e. The number of nitrogens with zero attached hydrogens (tertiary/aromatic N) is 1. The Morgan fingerprint density at radius 2 is 0.935 bits per heavy atom. The van der Waals surface area contributed by atoms with E-state index in [0.29, 0.717) is 0 Å². The van der Waals surface area contributed by atoms with Crippen LogP contribution in [0.4, 0.5) is 0 Å². The highest BCUT2D eigenvalue weighted by Gasteiger charge is 2.18. The zero-order valence-corrected chi connectivity index (χ0v) is 25.9. The van der Waals surface area contributed by atoms with Gasteiger partial charge >= 0.3 is 0 Å². The van der Waals surface area contributed by atoms with Crippen molar-refractivity contribution in [3.63, 3.8) is 0 Å². The average molecular weight is 592 g/mol. The summed E-state index contributed by atoms with van der Waals surface area (Å²) in [6.45, 7) is 4.00. The minimum atomic E-state index is 0.919. The molecule has 0 bridgehead atoms. The molecular formula is C44H33NO. The van der Waals surface area contributed by atoms with Gasteiger partial charge in [0.15, 0.2) is 0 Å². The van der Waals surface area contributed by atoms with Gasteiger partial charge in [-0.15, -0.1) is 0 Å². The molecule has 0 aliphatic heterocycles. The second-order valence-electron chi connectivity index (χ2n) is 11.4. The molecule has 2 nitrogen and oxygen atoms in total. The SMILES string of the molecule is CC.c1ccc(-c2cccc(-c3cccc(-c4cccc(-n5c6ccccc6c6c7oc8ccccc8c7ccc65)c4)c3)c2)cc1. The molecule has 0 fully saturated rings. The maximum Gasteiger partial charge on any atom is 0.145 e. The maximum absolute atomic E-state index is 6.49. The van der Waals surface area contributed by atoms with Crippen molar-refractivity contribution in [2.24, 2.45) is 0 Å². The fourth-order valence-corrected chi connectivity index (χ4v) is 6.72. The van der Waals surface area contributed by atoms with Crippen LogP contribution in [0, 0.1) is 0 Å². The van der Waals surface area contributed by atoms with Gasteiger partial charge in [-0.25, -0.2) is 0 Å². The maximum atomic E-state index is 6.49. The molecule has 46 heavy (non-hydrogen) atoms. The summed E-state index contributed by atoms with van der Waals surface area (Å²) in [6.07, 6.45) is 0. The van der Waals surface area contributed by atoms with E-state index in [0.717, 1.165) is 38.5 Å². The first-order valence-corrected chi connectivity index (χ1v) is 16.0. The normalized spacial score (nSPS) is 11.3. The highest BCUT2D eigenvalue weighted by molar-refractivity contribution is 6.23. The number of rotatable bonds is 4. The molecule has 0 saturated heterocycles. The Morgan fingerprint density at radius 3 is 1.65 bits per heavy atom. The Labute approximate surface area is 268 Å². The second-order valence-corrected chi connectivity index (χ2v) is 11.4. The van der Waals surface area contributed by atoms with Crippen molar-refractivity contribution in [2.75, 3.05) is 0 Å². The lowest BCUT2D eigenvalue weighted by atomic mass is 9.96. The van der Waals surface area contributed by atoms with Gasteiger partial charge in [-0.2, -0.15) is 0 Å². The predicted molar refractivity (Wildman–Crippen MR) is 196 cm³/mol. The highest BCUT2D eigenvalue weighted by atomic mass is 16.3. The summed E-state index contributed by atoms with van der Waals surface area (Å²) in [5, 5.41) is 4.65. The summed E-state index contributed by atoms with van der Waals surface area (Å²) in [7, 11) is 0. The van der Waals surface area contributed by atoms with E-state index in [1.807, 2.05) is 19.9 Å². The first kappa shape index (κ1) is 27.7. The Balaban J connectivity index is 0.00000153. The van der Waals surface area contributed by atoms with E-state index >= 15 is 0 Å². The number of hydrogen-bond donors (Lipinski definition) is 0. The van der Waals surface area contributed by atoms with Crippen LogP contribution in [0.2, 0.25) is 0 Å². The summed E-state index contributed by atoms with van der Waals surface area (Å²) >= 11 is 0. The van der Waals surface area contributed by atoms with E-state index in [9.17, 15) is 0 Å². The largest absolute Gasteiger partial charge is 0.455 e. The second kappa shape index (κ2) is 11.6. The third-order valence-electron chi connectivity index (χ3n) is 8.78. The van der Waals surface area contributed by atoms with Gasteiger partial charge in [0, 0.05) is 21.8 Å². The summed E-state index contributed by atoms with van der Waals surface area (Å²) in [5.74, 6) is 0. The third-order valence-corrected chi connectivity index (χ3v) is 8.78. The van der Waals surface area contributed by atoms with Gasteiger partial charge in [0.05, 0.1) is 16.4 Å². The molecule has 2 aromatic heterocycles. The van der Waals surface area contributed by atoms with Crippen LogP contribution in [0.5, 0.6) is 0 Å². The molecule has 9 rings (SSSR count). The van der Waals surface area contributed by atoms with E-state index in [4.69, 9.17) is 4.42 Å². The molecule has 2 heteroatoms. The number of hydrogen-bond acceptors (Lipinski definition) is 1. The Hall–Kier alpha value is -5.86. The van der Waals surface area contributed by atoms with Crippen LogP contribution in [0.25, 0.3) is 82.8 Å². The number of fused-ring (bicyclic) bond motifs is 7. The van der Waals surface area contributed by atoms with Crippen LogP contribution < -0.4 is 0 Å². The lowest BCUT2D eigenvalue weighted by Gasteiger charge is -2.12. The molecule has 2 heterocycles. The van der Waals surface area contributed by atoms with Gasteiger partial charge in [-0.1, -0.05) is 129 Å². The molecule has 7 aromatic carbocycles. The predicted octanol–water partition coefficient (Wildman–Crippen LogP) is 12.7. The average Bonchev–Trinajstić information content (AvgIpc) is 3.69. The summed E-state index contributed by atoms with van der Waals surface area (Å²) < 4.78 is 8.86. The van der Waals surface area contributed by atoms with Crippen molar-refractivity contribution in [3.05, 3.63) is 164 Å². The van der Waals surface area contributed by atoms with E-state index in [2.05, 4.69) is 162 Å². The van der Waals surface area contributed by atoms with E-state index < -0.39 is 0 Å². The zero-order valence-electron chi connectivity index (χ0n) is 25.9. The molecule has 0 spiro atoms. The first-order valence-electron chi connectivity index (χ1n) is 16.0. The zero-order chi connectivity index (χ0) is 31.0. The van der Waals surface area contributed by atoms with Crippen LogP contribution in [0.1, 0.15) is 13.8 Å². The van der Waals surface area contributed by atoms with Gasteiger partial charge in [-0.3, -0.25) is 0 Å². The molecule has 0 amide bonds. The van der Waals surface area contributed by atoms with Crippen molar-refractivity contribution in [3.8, 4) is 39.1 Å². The van der Waals surface area contributed by atoms with Crippen LogP contribution in [0.3, 0.4) is 0 Å². The van der Waals surface area contributed by atoms with E-state index in [-0.39, 0.29) is 0 Å². The monoisotopic (exact) mass is 591 g/mol. The summed E-state index contributed by atoms with van der Waals surface area (Å²) in [4.78, 5) is 0. The van der Waals surface area contributed by atoms with Crippen LogP contribution in [-0.2, 0) is 0 Å². The third kappa shape index (κ3) is 4.58. The standard InChI is InChI=1S/C42H27NO.C2H6/c1-2-11-28(12-3-1)29-13-8-14-30(25-29)31-15-9-16-32(26-31)33-17-10-18-34(27-33)43-38-21-6-4-20-37(38)41-39(43)24-23-36-35-19-5-7-22-40(35)44-42(36)41;1-2/h1-27H;1-2H3. The molecule has 0 saturated carbocycles. The molecule has 9 aromatic rings. The van der Waals surface area contributed by atoms with Crippen LogP contribution >= 0.6 is 0 Å². The quantitative estimate of drug-likeness (QED) is 0.199. The molecular weight excluding hydrogens is 558 g/mol. The number of benzene rings is 7. The van der Waals surface area contributed by atoms with Gasteiger partial charge in [0.25, 0.3) is 0 Å². The fourth-order valence-electron chi connectivity index (χ4n) is 6.72. The van der Waals surface area contributed by atoms with Gasteiger partial charge in [0.1, 0.15) is 11.2 Å². The Bertz CT molecular complexity index is 2500. The molecule has 0 radical (unpaired) electrons. The molecule has 0 unspecified atom stereocenters. The van der Waals surface area contributed by atoms with Crippen molar-refractivity contribution in [2.45, 2.75) is 13.8 Å². The number of aromatic nitrogens is 1. The highest BCUT2D eigenvalue weighted by Crippen LogP contribution is 2.41. The Morgan fingerprint density at radius 1 is 0.391 bits per heavy atom. The van der Waals surface area contributed by atoms with Crippen molar-refractivity contribution >= 4 is 43.7 Å². The van der Waals surface area contributed by atoms with Crippen molar-refractivity contribution in [1.82, 2.24) is 4.57 Å². The van der Waals surface area contributed by atoms with Gasteiger partial charge in [-0.05, 0) is 81.9 Å². The van der Waals surface area contributed by atoms with Gasteiger partial charge < -0.3 is 8.98 Å². The summed E-state index contributed by atoms with van der Waals surface area (Å²) in [5.41, 5.74) is 12.5. The molecule has 220 valence electrons. The first-order chi connectivity index (χ1) is 22.8. The van der Waals surface area contributed by atoms with Crippen LogP contribution in [0.15, 0.2) is 168 Å². The van der Waals surface area contributed by atoms with E-state index in [1.54, 1.807) is 0 Å². The topological polar surface area (TPSA) is 18.1 Å². The molecule has 0 aliphatic carbocycles. The summed E-state index contributed by atoms with van der Waals surface area (Å²) in [6, 6.07) is 58.5. The van der Waals surface area contributed by atoms with Gasteiger partial charge in [0.2, 0.25) is 0 Å². The lowest BCUT2D eigenvalue weighted by Crippen LogP contribution is -1.94. The lowest BCUT2D eigenvalue weighted by molar-refractivity contribution is 0.673. The number of furan rings is 1.